The molecule has 0 amide bonds. The molecule has 2 heterocycles. The Hall–Kier alpha value is -2.87. The third-order valence-corrected chi connectivity index (χ3v) is 13.3. The number of anilines is 1. The molecule has 7 nitrogen and oxygen atoms in total. The van der Waals surface area contributed by atoms with Crippen LogP contribution in [0.4, 0.5) is 5.69 Å². The SMILES string of the molecule is CCN1/C(=C/C2=CC(=C/c3sc4cc(SC)c(OC)cc4[n+]3CC)/CC(C)(C)C2)Sc2cc(SC)c(OC)cc21.Cc1ccc(S(=O)(=O)[O-])cc1. The minimum Gasteiger partial charge on any atom is -0.744 e. The molecule has 1 aromatic heterocycles. The number of hydrogen-bond donors (Lipinski definition) is 0. The van der Waals surface area contributed by atoms with E-state index in [9.17, 15) is 13.0 Å². The zero-order chi connectivity index (χ0) is 37.1. The van der Waals surface area contributed by atoms with E-state index in [1.54, 1.807) is 49.9 Å². The summed E-state index contributed by atoms with van der Waals surface area (Å²) in [4.78, 5) is 5.92. The summed E-state index contributed by atoms with van der Waals surface area (Å²) < 4.78 is 46.3. The predicted octanol–water partition coefficient (Wildman–Crippen LogP) is 10.2. The van der Waals surface area contributed by atoms with E-state index >= 15 is 0 Å². The van der Waals surface area contributed by atoms with Crippen molar-refractivity contribution >= 4 is 78.7 Å². The first-order valence-electron chi connectivity index (χ1n) is 16.7. The molecule has 0 N–H and O–H groups in total. The van der Waals surface area contributed by atoms with Crippen LogP contribution in [-0.2, 0) is 16.7 Å². The van der Waals surface area contributed by atoms with Crippen molar-refractivity contribution in [1.82, 2.24) is 0 Å². The number of aryl methyl sites for hydroxylation is 2. The van der Waals surface area contributed by atoms with Gasteiger partial charge in [-0.2, -0.15) is 4.57 Å². The van der Waals surface area contributed by atoms with Gasteiger partial charge >= 0.3 is 0 Å². The van der Waals surface area contributed by atoms with Crippen LogP contribution in [-0.4, -0.2) is 46.2 Å². The second kappa shape index (κ2) is 16.4. The van der Waals surface area contributed by atoms with Crippen molar-refractivity contribution in [2.75, 3.05) is 38.2 Å². The van der Waals surface area contributed by atoms with Crippen molar-refractivity contribution in [2.24, 2.45) is 5.41 Å². The monoisotopic (exact) mass is 782 g/mol. The largest absolute Gasteiger partial charge is 0.744 e. The number of hydrogen-bond acceptors (Lipinski definition) is 10. The molecule has 272 valence electrons. The van der Waals surface area contributed by atoms with Crippen molar-refractivity contribution in [1.29, 1.82) is 0 Å². The van der Waals surface area contributed by atoms with Crippen LogP contribution in [0.1, 0.15) is 51.1 Å². The van der Waals surface area contributed by atoms with Gasteiger partial charge < -0.3 is 18.9 Å². The highest BCUT2D eigenvalue weighted by atomic mass is 32.2. The fourth-order valence-electron chi connectivity index (χ4n) is 6.44. The maximum Gasteiger partial charge on any atom is 0.263 e. The van der Waals surface area contributed by atoms with Crippen molar-refractivity contribution in [3.05, 3.63) is 87.4 Å². The molecular formula is C39H46N2O5S5. The minimum absolute atomic E-state index is 0.178. The average molecular weight is 783 g/mol. The van der Waals surface area contributed by atoms with Crippen LogP contribution in [0.5, 0.6) is 11.5 Å². The number of rotatable bonds is 9. The molecule has 3 aromatic carbocycles. The van der Waals surface area contributed by atoms with Gasteiger partial charge in [0, 0.05) is 23.6 Å². The van der Waals surface area contributed by atoms with E-state index in [1.165, 1.54) is 63.9 Å². The molecule has 0 fully saturated rings. The number of benzene rings is 3. The summed E-state index contributed by atoms with van der Waals surface area (Å²) in [5, 5.41) is 2.59. The number of thiazole rings is 1. The Morgan fingerprint density at radius 3 is 2.20 bits per heavy atom. The molecule has 2 aliphatic rings. The molecule has 0 atom stereocenters. The highest BCUT2D eigenvalue weighted by Crippen LogP contribution is 2.51. The van der Waals surface area contributed by atoms with E-state index in [1.807, 2.05) is 30.0 Å². The molecule has 12 heteroatoms. The third-order valence-electron chi connectivity index (χ3n) is 8.77. The van der Waals surface area contributed by atoms with Crippen molar-refractivity contribution in [2.45, 2.75) is 73.6 Å². The van der Waals surface area contributed by atoms with Crippen LogP contribution >= 0.6 is 46.6 Å². The van der Waals surface area contributed by atoms with E-state index < -0.39 is 10.1 Å². The van der Waals surface area contributed by atoms with Crippen molar-refractivity contribution < 1.29 is 27.0 Å². The molecule has 0 spiro atoms. The molecule has 0 saturated heterocycles. The zero-order valence-electron chi connectivity index (χ0n) is 30.7. The number of aromatic nitrogens is 1. The number of methoxy groups -OCH3 is 2. The molecule has 51 heavy (non-hydrogen) atoms. The van der Waals surface area contributed by atoms with Gasteiger partial charge in [-0.05, 0) is 93.0 Å². The lowest BCUT2D eigenvalue weighted by atomic mass is 9.75. The van der Waals surface area contributed by atoms with Gasteiger partial charge in [0.05, 0.1) is 45.7 Å². The maximum absolute atomic E-state index is 10.4. The van der Waals surface area contributed by atoms with E-state index in [0.717, 1.165) is 43.0 Å². The number of ether oxygens (including phenoxy) is 2. The lowest BCUT2D eigenvalue weighted by Gasteiger charge is -2.31. The molecule has 0 saturated carbocycles. The number of allylic oxidation sites excluding steroid dienone is 4. The Kier molecular flexibility index (Phi) is 12.7. The van der Waals surface area contributed by atoms with Crippen LogP contribution in [0.25, 0.3) is 16.3 Å². The van der Waals surface area contributed by atoms with Gasteiger partial charge in [0.25, 0.3) is 5.01 Å². The summed E-state index contributed by atoms with van der Waals surface area (Å²) in [5.74, 6) is 1.90. The quantitative estimate of drug-likeness (QED) is 0.0936. The Balaban J connectivity index is 0.000000392. The third kappa shape index (κ3) is 9.03. The van der Waals surface area contributed by atoms with E-state index in [2.05, 4.69) is 92.2 Å². The van der Waals surface area contributed by atoms with Gasteiger partial charge in [-0.3, -0.25) is 0 Å². The molecular weight excluding hydrogens is 737 g/mol. The molecule has 4 aromatic rings. The van der Waals surface area contributed by atoms with Crippen LogP contribution in [0.2, 0.25) is 0 Å². The molecule has 0 radical (unpaired) electrons. The van der Waals surface area contributed by atoms with Gasteiger partial charge in [-0.15, -0.1) is 23.5 Å². The fraction of sp³-hybridized carbons (Fsp3) is 0.359. The first-order chi connectivity index (χ1) is 24.2. The Labute approximate surface area is 320 Å². The van der Waals surface area contributed by atoms with Gasteiger partial charge in [-0.25, -0.2) is 8.42 Å². The van der Waals surface area contributed by atoms with Gasteiger partial charge in [-0.1, -0.05) is 60.7 Å². The summed E-state index contributed by atoms with van der Waals surface area (Å²) in [7, 11) is -0.749. The highest BCUT2D eigenvalue weighted by molar-refractivity contribution is 8.03. The van der Waals surface area contributed by atoms with Gasteiger partial charge in [0.2, 0.25) is 5.52 Å². The lowest BCUT2D eigenvalue weighted by molar-refractivity contribution is -0.665. The summed E-state index contributed by atoms with van der Waals surface area (Å²) in [5.41, 5.74) is 6.39. The van der Waals surface area contributed by atoms with E-state index in [0.29, 0.717) is 0 Å². The molecule has 6 rings (SSSR count). The summed E-state index contributed by atoms with van der Waals surface area (Å²) in [6.07, 6.45) is 13.6. The predicted molar refractivity (Wildman–Crippen MR) is 216 cm³/mol. The standard InChI is InChI=1S/C32H39N2O2S4.C7H8O3S/c1-9-33-22-14-24(35-5)28(37-7)16-26(22)39-30(33)12-20-11-21(19-32(3,4)18-20)13-31-34(10-2)23-15-25(36-6)29(38-8)17-27(23)40-31;1-6-2-4-7(5-3-6)11(8,9)10/h11-17H,9-10,18-19H2,1-8H3;2-5H,1H3,(H,8,9,10)/q+1;/p-1. The maximum atomic E-state index is 10.4. The van der Waals surface area contributed by atoms with Gasteiger partial charge in [0.15, 0.2) is 0 Å². The highest BCUT2D eigenvalue weighted by Gasteiger charge is 2.30. The van der Waals surface area contributed by atoms with E-state index in [-0.39, 0.29) is 10.3 Å². The van der Waals surface area contributed by atoms with E-state index in [4.69, 9.17) is 9.47 Å². The minimum atomic E-state index is -4.27. The molecule has 1 aliphatic carbocycles. The van der Waals surface area contributed by atoms with Crippen LogP contribution < -0.4 is 18.9 Å². The summed E-state index contributed by atoms with van der Waals surface area (Å²) >= 11 is 7.22. The second-order valence-corrected chi connectivity index (χ2v) is 18.3. The molecule has 0 unspecified atom stereocenters. The van der Waals surface area contributed by atoms with Crippen molar-refractivity contribution in [3.8, 4) is 11.5 Å². The van der Waals surface area contributed by atoms with Crippen LogP contribution in [0, 0.1) is 12.3 Å². The van der Waals surface area contributed by atoms with Crippen molar-refractivity contribution in [3.63, 3.8) is 0 Å². The van der Waals surface area contributed by atoms with Crippen LogP contribution in [0.15, 0.2) is 96.4 Å². The Bertz CT molecular complexity index is 2120. The second-order valence-electron chi connectivity index (χ2n) is 13.1. The van der Waals surface area contributed by atoms with Crippen LogP contribution in [0.3, 0.4) is 0 Å². The molecule has 1 aliphatic heterocycles. The summed E-state index contributed by atoms with van der Waals surface area (Å²) in [6.45, 7) is 12.9. The lowest BCUT2D eigenvalue weighted by Crippen LogP contribution is -2.33. The Morgan fingerprint density at radius 2 is 1.61 bits per heavy atom. The number of nitrogens with zero attached hydrogens (tertiary/aromatic N) is 2. The average Bonchev–Trinajstić information content (AvgIpc) is 3.60. The number of fused-ring (bicyclic) bond motifs is 2. The first kappa shape index (κ1) is 39.3. The zero-order valence-corrected chi connectivity index (χ0v) is 34.7. The summed E-state index contributed by atoms with van der Waals surface area (Å²) in [6, 6.07) is 14.7. The first-order valence-corrected chi connectivity index (χ1v) is 22.2. The fourth-order valence-corrected chi connectivity index (χ4v) is 10.7. The normalized spacial score (nSPS) is 17.0. The van der Waals surface area contributed by atoms with Gasteiger partial charge in [0.1, 0.15) is 32.9 Å². The molecule has 0 bridgehead atoms. The topological polar surface area (TPSA) is 82.8 Å². The number of thioether (sulfide) groups is 3. The smallest absolute Gasteiger partial charge is 0.263 e. The Morgan fingerprint density at radius 1 is 0.961 bits per heavy atom.